The fraction of sp³-hybridized carbons (Fsp3) is 0.304. The van der Waals surface area contributed by atoms with Crippen LogP contribution in [0.25, 0.3) is 0 Å². The lowest BCUT2D eigenvalue weighted by atomic mass is 10.2. The predicted molar refractivity (Wildman–Crippen MR) is 138 cm³/mol. The second-order valence-corrected chi connectivity index (χ2v) is 8.41. The van der Waals surface area contributed by atoms with Gasteiger partial charge in [-0.2, -0.15) is 5.10 Å². The van der Waals surface area contributed by atoms with Crippen LogP contribution in [0.5, 0.6) is 11.5 Å². The number of carbonyl (C=O) groups is 3. The van der Waals surface area contributed by atoms with E-state index in [0.717, 1.165) is 5.56 Å². The number of ether oxygens (including phenoxy) is 3. The number of hydrazone groups is 1. The van der Waals surface area contributed by atoms with Crippen molar-refractivity contribution in [2.24, 2.45) is 5.10 Å². The summed E-state index contributed by atoms with van der Waals surface area (Å²) in [6, 6.07) is 8.49. The van der Waals surface area contributed by atoms with Crippen LogP contribution < -0.4 is 20.2 Å². The van der Waals surface area contributed by atoms with E-state index in [0.29, 0.717) is 37.9 Å². The summed E-state index contributed by atoms with van der Waals surface area (Å²) in [5, 5.41) is 7.03. The Morgan fingerprint density at radius 3 is 2.53 bits per heavy atom. The van der Waals surface area contributed by atoms with Gasteiger partial charge in [0.1, 0.15) is 6.42 Å². The summed E-state index contributed by atoms with van der Waals surface area (Å²) in [7, 11) is 0. The number of nitrogens with one attached hydrogen (secondary N) is 2. The molecule has 0 aromatic heterocycles. The second-order valence-electron chi connectivity index (χ2n) is 6.84. The largest absolute Gasteiger partial charge is 0.490 e. The molecule has 0 atom stereocenters. The fourth-order valence-electron chi connectivity index (χ4n) is 2.64. The normalized spacial score (nSPS) is 10.6. The van der Waals surface area contributed by atoms with Crippen LogP contribution in [0.15, 0.2) is 35.4 Å². The van der Waals surface area contributed by atoms with E-state index in [1.165, 1.54) is 6.21 Å². The number of esters is 1. The van der Waals surface area contributed by atoms with E-state index in [1.54, 1.807) is 37.3 Å². The van der Waals surface area contributed by atoms with Crippen LogP contribution in [0, 0.1) is 10.5 Å². The van der Waals surface area contributed by atoms with Gasteiger partial charge in [-0.15, -0.1) is 0 Å². The van der Waals surface area contributed by atoms with Crippen LogP contribution in [0.1, 0.15) is 31.4 Å². The first kappa shape index (κ1) is 27.4. The molecule has 182 valence electrons. The molecular weight excluding hydrogens is 577 g/mol. The maximum Gasteiger partial charge on any atom is 0.344 e. The summed E-state index contributed by atoms with van der Waals surface area (Å²) in [6.45, 7) is 5.78. The predicted octanol–water partition coefficient (Wildman–Crippen LogP) is 4.07. The molecule has 2 aromatic rings. The van der Waals surface area contributed by atoms with E-state index >= 15 is 0 Å². The number of anilines is 1. The molecule has 2 rings (SSSR count). The maximum atomic E-state index is 12.1. The number of hydrogen-bond acceptors (Lipinski definition) is 7. The summed E-state index contributed by atoms with van der Waals surface area (Å²) in [6.07, 6.45) is 1.00. The van der Waals surface area contributed by atoms with Gasteiger partial charge in [-0.3, -0.25) is 9.59 Å². The minimum atomic E-state index is -0.582. The Bertz CT molecular complexity index is 1080. The van der Waals surface area contributed by atoms with Gasteiger partial charge in [0.05, 0.1) is 23.0 Å². The van der Waals surface area contributed by atoms with Gasteiger partial charge < -0.3 is 19.5 Å². The van der Waals surface area contributed by atoms with Gasteiger partial charge in [-0.1, -0.05) is 17.7 Å². The Kier molecular flexibility index (Phi) is 11.1. The minimum Gasteiger partial charge on any atom is -0.490 e. The fourth-order valence-corrected chi connectivity index (χ4v) is 3.60. The minimum absolute atomic E-state index is 0.246. The molecule has 0 aliphatic heterocycles. The third-order valence-electron chi connectivity index (χ3n) is 4.15. The first-order valence-corrected chi connectivity index (χ1v) is 11.8. The molecule has 0 bridgehead atoms. The van der Waals surface area contributed by atoms with E-state index in [1.807, 2.05) is 36.4 Å². The Labute approximate surface area is 216 Å². The van der Waals surface area contributed by atoms with Crippen molar-refractivity contribution in [1.82, 2.24) is 5.43 Å². The number of benzene rings is 2. The average Bonchev–Trinajstić information content (AvgIpc) is 2.76. The molecule has 2 N–H and O–H groups in total. The number of amides is 2. The molecule has 34 heavy (non-hydrogen) atoms. The molecule has 9 nitrogen and oxygen atoms in total. The Hall–Kier alpha value is -2.86. The van der Waals surface area contributed by atoms with Gasteiger partial charge >= 0.3 is 5.97 Å². The lowest BCUT2D eigenvalue weighted by Gasteiger charge is -2.14. The molecule has 11 heteroatoms. The number of hydrogen-bond donors (Lipinski definition) is 2. The molecule has 0 saturated heterocycles. The number of aryl methyl sites for hydroxylation is 1. The molecule has 2 amide bonds. The molecule has 0 spiro atoms. The van der Waals surface area contributed by atoms with E-state index in [9.17, 15) is 14.4 Å². The van der Waals surface area contributed by atoms with Gasteiger partial charge in [0.2, 0.25) is 11.8 Å². The van der Waals surface area contributed by atoms with Crippen LogP contribution in [0.2, 0.25) is 5.02 Å². The Balaban J connectivity index is 1.96. The molecule has 0 heterocycles. The lowest BCUT2D eigenvalue weighted by molar-refractivity contribution is -0.145. The maximum absolute atomic E-state index is 12.1. The SMILES string of the molecule is CCOC(=O)COc1c(I)cc(C=NNC(=O)CC(=O)Nc2ccc(C)c(Cl)c2)cc1OCC. The van der Waals surface area contributed by atoms with Gasteiger partial charge in [-0.05, 0) is 78.8 Å². The lowest BCUT2D eigenvalue weighted by Crippen LogP contribution is -2.24. The third-order valence-corrected chi connectivity index (χ3v) is 5.36. The summed E-state index contributed by atoms with van der Waals surface area (Å²) >= 11 is 8.08. The van der Waals surface area contributed by atoms with E-state index in [4.69, 9.17) is 25.8 Å². The molecule has 0 aliphatic carbocycles. The standard InChI is InChI=1S/C23H25ClIN3O6/c1-4-32-19-9-15(8-18(25)23(19)34-13-22(31)33-5-2)12-26-28-21(30)11-20(29)27-16-7-6-14(3)17(24)10-16/h6-10,12H,4-5,11,13H2,1-3H3,(H,27,29)(H,28,30). The van der Waals surface area contributed by atoms with E-state index in [-0.39, 0.29) is 13.2 Å². The summed E-state index contributed by atoms with van der Waals surface area (Å²) < 4.78 is 16.7. The van der Waals surface area contributed by atoms with Crippen molar-refractivity contribution < 1.29 is 28.6 Å². The molecule has 0 aliphatic rings. The van der Waals surface area contributed by atoms with Gasteiger partial charge in [0, 0.05) is 10.7 Å². The summed E-state index contributed by atoms with van der Waals surface area (Å²) in [4.78, 5) is 35.7. The molecule has 0 saturated carbocycles. The number of halogens is 2. The second kappa shape index (κ2) is 13.8. The highest BCUT2D eigenvalue weighted by molar-refractivity contribution is 14.1. The molecule has 0 fully saturated rings. The molecular formula is C23H25ClIN3O6. The van der Waals surface area contributed by atoms with Crippen molar-refractivity contribution in [1.29, 1.82) is 0 Å². The first-order valence-electron chi connectivity index (χ1n) is 10.4. The summed E-state index contributed by atoms with van der Waals surface area (Å²) in [5.74, 6) is -0.735. The summed E-state index contributed by atoms with van der Waals surface area (Å²) in [5.41, 5.74) is 4.32. The highest BCUT2D eigenvalue weighted by Gasteiger charge is 2.14. The van der Waals surface area contributed by atoms with E-state index < -0.39 is 24.2 Å². The van der Waals surface area contributed by atoms with Crippen LogP contribution in [0.4, 0.5) is 5.69 Å². The zero-order valence-electron chi connectivity index (χ0n) is 18.9. The number of rotatable bonds is 11. The van der Waals surface area contributed by atoms with Gasteiger partial charge in [0.15, 0.2) is 18.1 Å². The van der Waals surface area contributed by atoms with Crippen LogP contribution in [0.3, 0.4) is 0 Å². The van der Waals surface area contributed by atoms with Crippen LogP contribution in [-0.4, -0.2) is 43.8 Å². The van der Waals surface area contributed by atoms with Crippen LogP contribution in [-0.2, 0) is 19.1 Å². The zero-order chi connectivity index (χ0) is 25.1. The quantitative estimate of drug-likeness (QED) is 0.132. The highest BCUT2D eigenvalue weighted by atomic mass is 127. The topological polar surface area (TPSA) is 115 Å². The Morgan fingerprint density at radius 2 is 1.85 bits per heavy atom. The van der Waals surface area contributed by atoms with E-state index in [2.05, 4.69) is 15.8 Å². The van der Waals surface area contributed by atoms with Crippen molar-refractivity contribution in [3.63, 3.8) is 0 Å². The number of carbonyl (C=O) groups excluding carboxylic acids is 3. The van der Waals surface area contributed by atoms with Gasteiger partial charge in [0.25, 0.3) is 0 Å². The van der Waals surface area contributed by atoms with Crippen LogP contribution >= 0.6 is 34.2 Å². The van der Waals surface area contributed by atoms with Crippen molar-refractivity contribution >= 4 is 63.9 Å². The number of nitrogens with zero attached hydrogens (tertiary/aromatic N) is 1. The third kappa shape index (κ3) is 8.82. The first-order chi connectivity index (χ1) is 16.2. The molecule has 0 unspecified atom stereocenters. The van der Waals surface area contributed by atoms with Crippen molar-refractivity contribution in [3.8, 4) is 11.5 Å². The Morgan fingerprint density at radius 1 is 1.09 bits per heavy atom. The van der Waals surface area contributed by atoms with Crippen molar-refractivity contribution in [3.05, 3.63) is 50.1 Å². The van der Waals surface area contributed by atoms with Crippen molar-refractivity contribution in [2.45, 2.75) is 27.2 Å². The van der Waals surface area contributed by atoms with Gasteiger partial charge in [-0.25, -0.2) is 10.2 Å². The molecule has 0 radical (unpaired) electrons. The highest BCUT2D eigenvalue weighted by Crippen LogP contribution is 2.34. The zero-order valence-corrected chi connectivity index (χ0v) is 21.9. The molecule has 2 aromatic carbocycles. The monoisotopic (exact) mass is 601 g/mol. The van der Waals surface area contributed by atoms with Crippen molar-refractivity contribution in [2.75, 3.05) is 25.1 Å². The smallest absolute Gasteiger partial charge is 0.344 e. The average molecular weight is 602 g/mol.